The van der Waals surface area contributed by atoms with E-state index in [4.69, 9.17) is 0 Å². The molecule has 0 radical (unpaired) electrons. The van der Waals surface area contributed by atoms with Crippen LogP contribution in [0, 0.1) is 5.82 Å². The van der Waals surface area contributed by atoms with Gasteiger partial charge in [-0.2, -0.15) is 0 Å². The van der Waals surface area contributed by atoms with E-state index in [9.17, 15) is 4.39 Å². The Balaban J connectivity index is 1.77. The number of piperidine rings is 1. The third-order valence-electron chi connectivity index (χ3n) is 4.08. The molecule has 1 aromatic carbocycles. The smallest absolute Gasteiger partial charge is 0.146 e. The van der Waals surface area contributed by atoms with Gasteiger partial charge in [-0.3, -0.25) is 5.32 Å². The van der Waals surface area contributed by atoms with Gasteiger partial charge in [0.2, 0.25) is 0 Å². The highest BCUT2D eigenvalue weighted by atomic mass is 32.1. The molecular formula is C17H21FN2S. The van der Waals surface area contributed by atoms with Gasteiger partial charge >= 0.3 is 0 Å². The highest BCUT2D eigenvalue weighted by Crippen LogP contribution is 2.28. The Morgan fingerprint density at radius 3 is 2.86 bits per heavy atom. The molecule has 2 unspecified atom stereocenters. The maximum Gasteiger partial charge on any atom is 0.146 e. The predicted octanol–water partition coefficient (Wildman–Crippen LogP) is 4.55. The van der Waals surface area contributed by atoms with E-state index in [1.54, 1.807) is 23.5 Å². The predicted molar refractivity (Wildman–Crippen MR) is 87.3 cm³/mol. The molecule has 1 N–H and O–H groups in total. The van der Waals surface area contributed by atoms with Crippen LogP contribution in [0.3, 0.4) is 0 Å². The molecule has 3 rings (SSSR count). The van der Waals surface area contributed by atoms with Crippen LogP contribution in [0.1, 0.15) is 37.1 Å². The zero-order valence-electron chi connectivity index (χ0n) is 12.3. The Morgan fingerprint density at radius 2 is 2.10 bits per heavy atom. The number of thiophene rings is 1. The normalized spacial score (nSPS) is 20.5. The largest absolute Gasteiger partial charge is 0.354 e. The van der Waals surface area contributed by atoms with Gasteiger partial charge in [-0.05, 0) is 49.8 Å². The van der Waals surface area contributed by atoms with Gasteiger partial charge in [0.1, 0.15) is 5.82 Å². The lowest BCUT2D eigenvalue weighted by Gasteiger charge is -2.39. The second kappa shape index (κ2) is 6.58. The van der Waals surface area contributed by atoms with E-state index in [1.165, 1.54) is 11.3 Å². The molecule has 112 valence electrons. The van der Waals surface area contributed by atoms with Crippen LogP contribution in [0.2, 0.25) is 0 Å². The third-order valence-corrected chi connectivity index (χ3v) is 5.13. The first kappa shape index (κ1) is 14.5. The molecule has 1 saturated heterocycles. The van der Waals surface area contributed by atoms with Crippen molar-refractivity contribution in [1.29, 1.82) is 0 Å². The van der Waals surface area contributed by atoms with Crippen molar-refractivity contribution in [2.75, 3.05) is 11.4 Å². The van der Waals surface area contributed by atoms with E-state index >= 15 is 0 Å². The molecule has 1 aliphatic rings. The Kier molecular flexibility index (Phi) is 4.56. The van der Waals surface area contributed by atoms with Gasteiger partial charge in [-0.15, -0.1) is 11.3 Å². The first-order valence-corrected chi connectivity index (χ1v) is 8.44. The minimum Gasteiger partial charge on any atom is -0.354 e. The van der Waals surface area contributed by atoms with Crippen LogP contribution >= 0.6 is 11.3 Å². The summed E-state index contributed by atoms with van der Waals surface area (Å²) in [5, 5.41) is 5.77. The van der Waals surface area contributed by atoms with E-state index in [-0.39, 0.29) is 12.0 Å². The molecule has 1 aromatic heterocycles. The van der Waals surface area contributed by atoms with Crippen LogP contribution in [0.5, 0.6) is 0 Å². The Hall–Kier alpha value is -1.39. The molecule has 0 amide bonds. The maximum atomic E-state index is 14.1. The summed E-state index contributed by atoms with van der Waals surface area (Å²) in [4.78, 5) is 3.51. The van der Waals surface area contributed by atoms with Gasteiger partial charge in [0.15, 0.2) is 0 Å². The molecule has 0 bridgehead atoms. The lowest BCUT2D eigenvalue weighted by atomic mass is 10.1. The van der Waals surface area contributed by atoms with Crippen LogP contribution in [0.25, 0.3) is 0 Å². The molecule has 0 aliphatic carbocycles. The molecule has 1 aliphatic heterocycles. The summed E-state index contributed by atoms with van der Waals surface area (Å²) in [7, 11) is 0. The van der Waals surface area contributed by atoms with Crippen molar-refractivity contribution in [2.24, 2.45) is 0 Å². The summed E-state index contributed by atoms with van der Waals surface area (Å²) >= 11 is 1.76. The average molecular weight is 304 g/mol. The minimum absolute atomic E-state index is 0.130. The van der Waals surface area contributed by atoms with Gasteiger partial charge in [0, 0.05) is 17.5 Å². The summed E-state index contributed by atoms with van der Waals surface area (Å²) < 4.78 is 14.1. The van der Waals surface area contributed by atoms with Crippen LogP contribution in [-0.2, 0) is 0 Å². The summed E-state index contributed by atoms with van der Waals surface area (Å²) in [5.74, 6) is -0.130. The number of para-hydroxylation sites is 1. The molecule has 2 nitrogen and oxygen atoms in total. The molecule has 2 aromatic rings. The average Bonchev–Trinajstić information content (AvgIpc) is 3.03. The zero-order chi connectivity index (χ0) is 14.7. The number of anilines is 1. The van der Waals surface area contributed by atoms with Crippen molar-refractivity contribution in [1.82, 2.24) is 5.32 Å². The lowest BCUT2D eigenvalue weighted by Crippen LogP contribution is -2.49. The van der Waals surface area contributed by atoms with Crippen LogP contribution in [0.15, 0.2) is 41.8 Å². The van der Waals surface area contributed by atoms with Crippen LogP contribution in [-0.4, -0.2) is 12.7 Å². The summed E-state index contributed by atoms with van der Waals surface area (Å²) in [6.07, 6.45) is 3.58. The van der Waals surface area contributed by atoms with E-state index < -0.39 is 0 Å². The molecule has 2 heterocycles. The van der Waals surface area contributed by atoms with Gasteiger partial charge in [0.05, 0.1) is 11.9 Å². The molecule has 0 saturated carbocycles. The molecule has 1 fully saturated rings. The third kappa shape index (κ3) is 3.27. The minimum atomic E-state index is -0.130. The Morgan fingerprint density at radius 1 is 1.24 bits per heavy atom. The van der Waals surface area contributed by atoms with E-state index in [0.717, 1.165) is 19.4 Å². The standard InChI is InChI=1S/C17H21FN2S/c1-13(16-9-6-12-21-16)19-17-10-4-5-11-20(17)15-8-3-2-7-14(15)18/h2-3,6-9,12-13,17,19H,4-5,10-11H2,1H3. The van der Waals surface area contributed by atoms with E-state index in [0.29, 0.717) is 11.7 Å². The van der Waals surface area contributed by atoms with E-state index in [2.05, 4.69) is 34.7 Å². The first-order chi connectivity index (χ1) is 10.3. The fraction of sp³-hybridized carbons (Fsp3) is 0.412. The second-order valence-electron chi connectivity index (χ2n) is 5.56. The van der Waals surface area contributed by atoms with Crippen molar-refractivity contribution >= 4 is 17.0 Å². The molecule has 2 atom stereocenters. The highest BCUT2D eigenvalue weighted by Gasteiger charge is 2.26. The zero-order valence-corrected chi connectivity index (χ0v) is 13.1. The van der Waals surface area contributed by atoms with Gasteiger partial charge in [0.25, 0.3) is 0 Å². The van der Waals surface area contributed by atoms with Crippen molar-refractivity contribution < 1.29 is 4.39 Å². The number of nitrogens with zero attached hydrogens (tertiary/aromatic N) is 1. The van der Waals surface area contributed by atoms with Gasteiger partial charge in [-0.1, -0.05) is 18.2 Å². The summed E-state index contributed by atoms with van der Waals surface area (Å²) in [6, 6.07) is 11.6. The van der Waals surface area contributed by atoms with Crippen LogP contribution in [0.4, 0.5) is 10.1 Å². The van der Waals surface area contributed by atoms with Crippen molar-refractivity contribution in [3.8, 4) is 0 Å². The van der Waals surface area contributed by atoms with Crippen molar-refractivity contribution in [2.45, 2.75) is 38.4 Å². The Labute approximate surface area is 129 Å². The first-order valence-electron chi connectivity index (χ1n) is 7.56. The number of benzene rings is 1. The van der Waals surface area contributed by atoms with Gasteiger partial charge in [-0.25, -0.2) is 4.39 Å². The summed E-state index contributed by atoms with van der Waals surface area (Å²) in [6.45, 7) is 3.09. The maximum absolute atomic E-state index is 14.1. The number of halogens is 1. The number of hydrogen-bond donors (Lipinski definition) is 1. The second-order valence-corrected chi connectivity index (χ2v) is 6.54. The summed E-state index contributed by atoms with van der Waals surface area (Å²) in [5.41, 5.74) is 0.716. The fourth-order valence-corrected chi connectivity index (χ4v) is 3.73. The quantitative estimate of drug-likeness (QED) is 0.891. The Bertz CT molecular complexity index is 570. The van der Waals surface area contributed by atoms with Gasteiger partial charge < -0.3 is 4.90 Å². The number of nitrogens with one attached hydrogen (secondary N) is 1. The van der Waals surface area contributed by atoms with Crippen LogP contribution < -0.4 is 10.2 Å². The molecular weight excluding hydrogens is 283 g/mol. The molecule has 21 heavy (non-hydrogen) atoms. The SMILES string of the molecule is CC(NC1CCCCN1c1ccccc1F)c1cccs1. The highest BCUT2D eigenvalue weighted by molar-refractivity contribution is 7.10. The number of hydrogen-bond acceptors (Lipinski definition) is 3. The number of rotatable bonds is 4. The molecule has 0 spiro atoms. The van der Waals surface area contributed by atoms with Crippen molar-refractivity contribution in [3.05, 3.63) is 52.5 Å². The topological polar surface area (TPSA) is 15.3 Å². The monoisotopic (exact) mass is 304 g/mol. The van der Waals surface area contributed by atoms with E-state index in [1.807, 2.05) is 12.1 Å². The van der Waals surface area contributed by atoms with Crippen molar-refractivity contribution in [3.63, 3.8) is 0 Å². The lowest BCUT2D eigenvalue weighted by molar-refractivity contribution is 0.363. The molecule has 4 heteroatoms. The fourth-order valence-electron chi connectivity index (χ4n) is 2.99.